The second-order valence-electron chi connectivity index (χ2n) is 5.35. The molecule has 0 fully saturated rings. The summed E-state index contributed by atoms with van der Waals surface area (Å²) in [6.45, 7) is 3.52. The maximum absolute atomic E-state index is 12.4. The van der Waals surface area contributed by atoms with E-state index < -0.39 is 10.0 Å². The molecule has 0 unspecified atom stereocenters. The molecule has 0 amide bonds. The van der Waals surface area contributed by atoms with Gasteiger partial charge in [-0.2, -0.15) is 10.1 Å². The Morgan fingerprint density at radius 3 is 2.50 bits per heavy atom. The van der Waals surface area contributed by atoms with Crippen molar-refractivity contribution in [2.24, 2.45) is 0 Å². The highest BCUT2D eigenvalue weighted by atomic mass is 32.2. The normalized spacial score (nSPS) is 11.2. The van der Waals surface area contributed by atoms with Crippen LogP contribution in [0, 0.1) is 18.6 Å². The van der Waals surface area contributed by atoms with Gasteiger partial charge in [-0.15, -0.1) is 0 Å². The lowest BCUT2D eigenvalue weighted by molar-refractivity contribution is 0.601. The molecule has 0 aliphatic rings. The van der Waals surface area contributed by atoms with E-state index in [2.05, 4.69) is 35.2 Å². The van der Waals surface area contributed by atoms with Gasteiger partial charge in [-0.3, -0.25) is 5.10 Å². The molecule has 2 heterocycles. The van der Waals surface area contributed by atoms with Crippen LogP contribution in [0.2, 0.25) is 0 Å². The van der Waals surface area contributed by atoms with E-state index in [9.17, 15) is 8.42 Å². The van der Waals surface area contributed by atoms with Crippen LogP contribution < -0.4 is 10.0 Å². The predicted molar refractivity (Wildman–Crippen MR) is 99.3 cm³/mol. The molecular formula is C15H15N7O2S2. The van der Waals surface area contributed by atoms with Crippen LogP contribution in [0.15, 0.2) is 41.4 Å². The molecule has 0 saturated carbocycles. The van der Waals surface area contributed by atoms with E-state index in [-0.39, 0.29) is 15.6 Å². The first-order chi connectivity index (χ1) is 12.3. The zero-order chi connectivity index (χ0) is 18.7. The average molecular weight is 389 g/mol. The monoisotopic (exact) mass is 389 g/mol. The van der Waals surface area contributed by atoms with Gasteiger partial charge in [0.15, 0.2) is 5.82 Å². The maximum Gasteiger partial charge on any atom is 0.264 e. The molecule has 134 valence electrons. The number of anilines is 3. The lowest BCUT2D eigenvalue weighted by Crippen LogP contribution is -2.15. The fraction of sp³-hybridized carbons (Fsp3) is 0.133. The van der Waals surface area contributed by atoms with Gasteiger partial charge < -0.3 is 5.32 Å². The van der Waals surface area contributed by atoms with Crippen molar-refractivity contribution in [3.05, 3.63) is 52.7 Å². The first-order valence-electron chi connectivity index (χ1n) is 7.46. The summed E-state index contributed by atoms with van der Waals surface area (Å²) in [7, 11) is -3.79. The van der Waals surface area contributed by atoms with Gasteiger partial charge in [0.05, 0.1) is 4.90 Å². The fourth-order valence-corrected chi connectivity index (χ4v) is 3.13. The van der Waals surface area contributed by atoms with E-state index in [4.69, 9.17) is 12.2 Å². The summed E-state index contributed by atoms with van der Waals surface area (Å²) >= 11 is 4.95. The van der Waals surface area contributed by atoms with E-state index in [0.717, 1.165) is 0 Å². The van der Waals surface area contributed by atoms with Gasteiger partial charge in [-0.25, -0.2) is 23.1 Å². The Hall–Kier alpha value is -2.92. The Morgan fingerprint density at radius 2 is 1.81 bits per heavy atom. The third kappa shape index (κ3) is 4.18. The standard InChI is InChI=1S/C15H15N7O2S2/c1-9-7-8-16-14(17-9)22-26(23,24)12-5-3-11(4-6-12)18-13-10(2)20-21-15(25)19-13/h3-8H,1-2H3,(H,16,17,22)(H2,18,19,21,25). The SMILES string of the molecule is Cc1ccnc(NS(=O)(=O)c2ccc(Nc3nc(=S)[nH]nc3C)cc2)n1. The number of nitrogens with zero attached hydrogens (tertiary/aromatic N) is 4. The second-order valence-corrected chi connectivity index (χ2v) is 7.42. The lowest BCUT2D eigenvalue weighted by Gasteiger charge is -2.09. The van der Waals surface area contributed by atoms with Crippen molar-refractivity contribution in [1.29, 1.82) is 0 Å². The summed E-state index contributed by atoms with van der Waals surface area (Å²) in [5, 5.41) is 9.66. The number of benzene rings is 1. The molecular weight excluding hydrogens is 374 g/mol. The molecule has 3 aromatic rings. The van der Waals surface area contributed by atoms with Crippen molar-refractivity contribution < 1.29 is 8.42 Å². The van der Waals surface area contributed by atoms with Crippen LogP contribution in [0.25, 0.3) is 0 Å². The van der Waals surface area contributed by atoms with Gasteiger partial charge in [-0.1, -0.05) is 0 Å². The predicted octanol–water partition coefficient (Wildman–Crippen LogP) is 2.49. The van der Waals surface area contributed by atoms with E-state index >= 15 is 0 Å². The number of aromatic amines is 1. The number of hydrogen-bond acceptors (Lipinski definition) is 8. The summed E-state index contributed by atoms with van der Waals surface area (Å²) < 4.78 is 27.5. The minimum atomic E-state index is -3.79. The number of nitrogens with one attached hydrogen (secondary N) is 3. The molecule has 9 nitrogen and oxygen atoms in total. The minimum Gasteiger partial charge on any atom is -0.339 e. The molecule has 3 rings (SSSR count). The van der Waals surface area contributed by atoms with Crippen LogP contribution in [0.4, 0.5) is 17.5 Å². The first kappa shape index (κ1) is 17.9. The Kier molecular flexibility index (Phi) is 4.91. The zero-order valence-corrected chi connectivity index (χ0v) is 15.5. The molecule has 0 saturated heterocycles. The molecule has 2 aromatic heterocycles. The quantitative estimate of drug-likeness (QED) is 0.568. The third-order valence-electron chi connectivity index (χ3n) is 3.32. The molecule has 0 bridgehead atoms. The Bertz CT molecular complexity index is 1100. The van der Waals surface area contributed by atoms with Crippen LogP contribution in [-0.2, 0) is 10.0 Å². The topological polar surface area (TPSA) is 126 Å². The second kappa shape index (κ2) is 7.14. The molecule has 0 radical (unpaired) electrons. The van der Waals surface area contributed by atoms with Gasteiger partial charge >= 0.3 is 0 Å². The van der Waals surface area contributed by atoms with Crippen molar-refractivity contribution in [1.82, 2.24) is 25.1 Å². The highest BCUT2D eigenvalue weighted by Crippen LogP contribution is 2.20. The smallest absolute Gasteiger partial charge is 0.264 e. The van der Waals surface area contributed by atoms with E-state index in [1.807, 2.05) is 0 Å². The summed E-state index contributed by atoms with van der Waals surface area (Å²) in [6, 6.07) is 7.84. The van der Waals surface area contributed by atoms with Crippen molar-refractivity contribution in [3.8, 4) is 0 Å². The Labute approximate surface area is 155 Å². The van der Waals surface area contributed by atoms with Gasteiger partial charge in [0, 0.05) is 17.6 Å². The fourth-order valence-electron chi connectivity index (χ4n) is 2.04. The molecule has 0 aliphatic heterocycles. The Balaban J connectivity index is 1.80. The Morgan fingerprint density at radius 1 is 1.08 bits per heavy atom. The van der Waals surface area contributed by atoms with Crippen molar-refractivity contribution >= 4 is 39.7 Å². The summed E-state index contributed by atoms with van der Waals surface area (Å²) in [5.41, 5.74) is 1.94. The van der Waals surface area contributed by atoms with Crippen LogP contribution in [0.1, 0.15) is 11.4 Å². The van der Waals surface area contributed by atoms with Crippen molar-refractivity contribution in [2.75, 3.05) is 10.0 Å². The highest BCUT2D eigenvalue weighted by molar-refractivity contribution is 7.92. The summed E-state index contributed by atoms with van der Waals surface area (Å²) in [4.78, 5) is 12.2. The number of rotatable bonds is 5. The maximum atomic E-state index is 12.4. The minimum absolute atomic E-state index is 0.0246. The molecule has 11 heteroatoms. The van der Waals surface area contributed by atoms with Gasteiger partial charge in [0.25, 0.3) is 10.0 Å². The number of H-pyrrole nitrogens is 1. The van der Waals surface area contributed by atoms with E-state index in [1.54, 1.807) is 32.0 Å². The average Bonchev–Trinajstić information content (AvgIpc) is 2.58. The van der Waals surface area contributed by atoms with Crippen molar-refractivity contribution in [2.45, 2.75) is 18.7 Å². The molecule has 0 aliphatic carbocycles. The van der Waals surface area contributed by atoms with Crippen LogP contribution in [0.3, 0.4) is 0 Å². The number of aromatic nitrogens is 5. The van der Waals surface area contributed by atoms with Crippen LogP contribution in [0.5, 0.6) is 0 Å². The molecule has 0 atom stereocenters. The molecule has 26 heavy (non-hydrogen) atoms. The molecule has 0 spiro atoms. The number of aryl methyl sites for hydroxylation is 2. The van der Waals surface area contributed by atoms with Gasteiger partial charge in [0.2, 0.25) is 10.7 Å². The van der Waals surface area contributed by atoms with Gasteiger partial charge in [0.1, 0.15) is 5.69 Å². The van der Waals surface area contributed by atoms with Crippen LogP contribution in [-0.4, -0.2) is 33.6 Å². The largest absolute Gasteiger partial charge is 0.339 e. The van der Waals surface area contributed by atoms with Gasteiger partial charge in [-0.05, 0) is 56.4 Å². The van der Waals surface area contributed by atoms with Crippen molar-refractivity contribution in [3.63, 3.8) is 0 Å². The lowest BCUT2D eigenvalue weighted by atomic mass is 10.3. The van der Waals surface area contributed by atoms with E-state index in [0.29, 0.717) is 22.9 Å². The van der Waals surface area contributed by atoms with Crippen LogP contribution >= 0.6 is 12.2 Å². The first-order valence-corrected chi connectivity index (χ1v) is 9.35. The number of sulfonamides is 1. The van der Waals surface area contributed by atoms with E-state index in [1.165, 1.54) is 18.3 Å². The number of hydrogen-bond donors (Lipinski definition) is 3. The highest BCUT2D eigenvalue weighted by Gasteiger charge is 2.15. The summed E-state index contributed by atoms with van der Waals surface area (Å²) in [6.07, 6.45) is 1.49. The zero-order valence-electron chi connectivity index (χ0n) is 13.9. The molecule has 3 N–H and O–H groups in total. The molecule has 1 aromatic carbocycles. The third-order valence-corrected chi connectivity index (χ3v) is 4.85. The summed E-state index contributed by atoms with van der Waals surface area (Å²) in [5.74, 6) is 0.521.